The molecule has 5 nitrogen and oxygen atoms in total. The van der Waals surface area contributed by atoms with Gasteiger partial charge in [-0.2, -0.15) is 0 Å². The van der Waals surface area contributed by atoms with E-state index in [0.29, 0.717) is 5.56 Å². The van der Waals surface area contributed by atoms with Gasteiger partial charge in [-0.3, -0.25) is 9.59 Å². The molecule has 25 heavy (non-hydrogen) atoms. The molecule has 0 aliphatic carbocycles. The number of anilines is 2. The lowest BCUT2D eigenvalue weighted by Crippen LogP contribution is -2.05. The first-order valence-corrected chi connectivity index (χ1v) is 8.06. The average molecular weight is 338 g/mol. The van der Waals surface area contributed by atoms with Crippen molar-refractivity contribution in [1.82, 2.24) is 0 Å². The van der Waals surface area contributed by atoms with Crippen molar-refractivity contribution in [1.29, 1.82) is 0 Å². The number of nitrogens with one attached hydrogen (secondary N) is 2. The molecule has 2 rings (SSSR count). The molecule has 0 heterocycles. The fourth-order valence-corrected chi connectivity index (χ4v) is 2.13. The van der Waals surface area contributed by atoms with Crippen molar-refractivity contribution in [2.75, 3.05) is 10.6 Å². The molecule has 5 heteroatoms. The first-order chi connectivity index (χ1) is 11.9. The fraction of sp³-hybridized carbons (Fsp3) is 0.200. The van der Waals surface area contributed by atoms with Crippen LogP contribution in [0.4, 0.5) is 11.4 Å². The fourth-order valence-electron chi connectivity index (χ4n) is 2.13. The summed E-state index contributed by atoms with van der Waals surface area (Å²) in [7, 11) is 0. The summed E-state index contributed by atoms with van der Waals surface area (Å²) in [6, 6.07) is 14.3. The van der Waals surface area contributed by atoms with Crippen molar-refractivity contribution in [2.45, 2.75) is 26.9 Å². The first kappa shape index (κ1) is 18.3. The lowest BCUT2D eigenvalue weighted by atomic mass is 10.1. The van der Waals surface area contributed by atoms with Gasteiger partial charge < -0.3 is 15.4 Å². The minimum Gasteiger partial charge on any atom is -0.491 e. The molecule has 0 unspecified atom stereocenters. The molecule has 0 saturated heterocycles. The highest BCUT2D eigenvalue weighted by Crippen LogP contribution is 2.15. The third-order valence-corrected chi connectivity index (χ3v) is 3.20. The number of carbonyl (C=O) groups excluding carboxylic acids is 2. The van der Waals surface area contributed by atoms with Crippen LogP contribution in [-0.2, 0) is 4.79 Å². The zero-order valence-electron chi connectivity index (χ0n) is 14.6. The van der Waals surface area contributed by atoms with Crippen molar-refractivity contribution in [3.8, 4) is 5.75 Å². The van der Waals surface area contributed by atoms with Crippen LogP contribution in [0.1, 0.15) is 31.1 Å². The summed E-state index contributed by atoms with van der Waals surface area (Å²) in [5, 5.41) is 5.72. The van der Waals surface area contributed by atoms with Crippen LogP contribution in [0.2, 0.25) is 0 Å². The van der Waals surface area contributed by atoms with Crippen molar-refractivity contribution < 1.29 is 14.3 Å². The molecule has 2 aromatic carbocycles. The maximum absolute atomic E-state index is 12.1. The molecule has 0 bridgehead atoms. The number of hydrogen-bond donors (Lipinski definition) is 2. The van der Waals surface area contributed by atoms with Crippen molar-refractivity contribution in [2.24, 2.45) is 0 Å². The maximum atomic E-state index is 12.1. The lowest BCUT2D eigenvalue weighted by molar-refractivity contribution is -0.114. The average Bonchev–Trinajstić information content (AvgIpc) is 2.56. The highest BCUT2D eigenvalue weighted by molar-refractivity contribution is 6.04. The van der Waals surface area contributed by atoms with Gasteiger partial charge in [-0.05, 0) is 62.4 Å². The number of ether oxygens (including phenoxy) is 1. The number of benzene rings is 2. The number of amides is 1. The highest BCUT2D eigenvalue weighted by atomic mass is 16.5. The summed E-state index contributed by atoms with van der Waals surface area (Å²) in [5.74, 6) is 0.530. The van der Waals surface area contributed by atoms with Gasteiger partial charge in [0.25, 0.3) is 0 Å². The molecular formula is C20H22N2O3. The number of hydrogen-bond acceptors (Lipinski definition) is 4. The predicted molar refractivity (Wildman–Crippen MR) is 100 cm³/mol. The Kier molecular flexibility index (Phi) is 6.34. The van der Waals surface area contributed by atoms with Crippen LogP contribution in [0, 0.1) is 0 Å². The van der Waals surface area contributed by atoms with Crippen LogP contribution in [0.3, 0.4) is 0 Å². The summed E-state index contributed by atoms with van der Waals surface area (Å²) in [4.78, 5) is 23.1. The number of allylic oxidation sites excluding steroid dienone is 1. The second-order valence-corrected chi connectivity index (χ2v) is 5.79. The Bertz CT molecular complexity index is 748. The van der Waals surface area contributed by atoms with E-state index in [9.17, 15) is 9.59 Å². The summed E-state index contributed by atoms with van der Waals surface area (Å²) in [6.45, 7) is 5.37. The Morgan fingerprint density at radius 2 is 1.56 bits per heavy atom. The Hall–Kier alpha value is -3.08. The van der Waals surface area contributed by atoms with Gasteiger partial charge in [0.15, 0.2) is 5.78 Å². The van der Waals surface area contributed by atoms with Gasteiger partial charge in [-0.1, -0.05) is 0 Å². The topological polar surface area (TPSA) is 67.4 Å². The summed E-state index contributed by atoms with van der Waals surface area (Å²) in [6.07, 6.45) is 3.16. The molecule has 0 aromatic heterocycles. The van der Waals surface area contributed by atoms with Crippen molar-refractivity contribution in [3.63, 3.8) is 0 Å². The molecule has 0 saturated carbocycles. The van der Waals surface area contributed by atoms with E-state index in [1.165, 1.54) is 13.0 Å². The Balaban J connectivity index is 1.90. The standard InChI is InChI=1S/C20H22N2O3/c1-14(2)25-19-10-4-16(5-11-19)20(24)12-13-21-17-6-8-18(9-7-17)22-15(3)23/h4-14,21H,1-3H3,(H,22,23). The van der Waals surface area contributed by atoms with E-state index in [1.54, 1.807) is 42.6 Å². The highest BCUT2D eigenvalue weighted by Gasteiger charge is 2.03. The second kappa shape index (κ2) is 8.68. The van der Waals surface area contributed by atoms with Crippen molar-refractivity contribution >= 4 is 23.1 Å². The van der Waals surface area contributed by atoms with E-state index >= 15 is 0 Å². The zero-order chi connectivity index (χ0) is 18.2. The van der Waals surface area contributed by atoms with E-state index < -0.39 is 0 Å². The lowest BCUT2D eigenvalue weighted by Gasteiger charge is -2.09. The Morgan fingerprint density at radius 1 is 0.960 bits per heavy atom. The molecule has 130 valence electrons. The van der Waals surface area contributed by atoms with Crippen molar-refractivity contribution in [3.05, 3.63) is 66.4 Å². The van der Waals surface area contributed by atoms with Crippen LogP contribution in [0.25, 0.3) is 0 Å². The molecular weight excluding hydrogens is 316 g/mol. The molecule has 0 aliphatic rings. The molecule has 0 spiro atoms. The third kappa shape index (κ3) is 6.14. The van der Waals surface area contributed by atoms with Crippen LogP contribution in [-0.4, -0.2) is 17.8 Å². The third-order valence-electron chi connectivity index (χ3n) is 3.20. The summed E-state index contributed by atoms with van der Waals surface area (Å²) in [5.41, 5.74) is 2.14. The molecule has 0 fully saturated rings. The molecule has 0 aliphatic heterocycles. The quantitative estimate of drug-likeness (QED) is 0.585. The van der Waals surface area contributed by atoms with Crippen LogP contribution in [0.5, 0.6) is 5.75 Å². The van der Waals surface area contributed by atoms with Crippen LogP contribution < -0.4 is 15.4 Å². The van der Waals surface area contributed by atoms with Gasteiger partial charge in [0.05, 0.1) is 6.10 Å². The minimum absolute atomic E-state index is 0.0986. The second-order valence-electron chi connectivity index (χ2n) is 5.79. The van der Waals surface area contributed by atoms with E-state index in [0.717, 1.165) is 17.1 Å². The molecule has 0 atom stereocenters. The van der Waals surface area contributed by atoms with Gasteiger partial charge in [0, 0.05) is 36.1 Å². The van der Waals surface area contributed by atoms with E-state index in [-0.39, 0.29) is 17.8 Å². The SMILES string of the molecule is CC(=O)Nc1ccc(NC=CC(=O)c2ccc(OC(C)C)cc2)cc1. The maximum Gasteiger partial charge on any atom is 0.221 e. The Morgan fingerprint density at radius 3 is 2.12 bits per heavy atom. The number of ketones is 1. The smallest absolute Gasteiger partial charge is 0.221 e. The summed E-state index contributed by atoms with van der Waals surface area (Å²) >= 11 is 0. The van der Waals surface area contributed by atoms with Gasteiger partial charge in [0.2, 0.25) is 5.91 Å². The van der Waals surface area contributed by atoms with Crippen LogP contribution in [0.15, 0.2) is 60.8 Å². The van der Waals surface area contributed by atoms with E-state index in [2.05, 4.69) is 10.6 Å². The monoisotopic (exact) mass is 338 g/mol. The zero-order valence-corrected chi connectivity index (χ0v) is 14.6. The summed E-state index contributed by atoms with van der Waals surface area (Å²) < 4.78 is 5.55. The van der Waals surface area contributed by atoms with E-state index in [4.69, 9.17) is 4.74 Å². The molecule has 2 aromatic rings. The van der Waals surface area contributed by atoms with Gasteiger partial charge in [-0.25, -0.2) is 0 Å². The van der Waals surface area contributed by atoms with Gasteiger partial charge >= 0.3 is 0 Å². The number of rotatable bonds is 7. The largest absolute Gasteiger partial charge is 0.491 e. The number of carbonyl (C=O) groups is 2. The molecule has 2 N–H and O–H groups in total. The van der Waals surface area contributed by atoms with Gasteiger partial charge in [0.1, 0.15) is 5.75 Å². The minimum atomic E-state index is -0.115. The predicted octanol–water partition coefficient (Wildman–Crippen LogP) is 4.24. The Labute approximate surface area is 147 Å². The molecule has 1 amide bonds. The van der Waals surface area contributed by atoms with E-state index in [1.807, 2.05) is 26.0 Å². The van der Waals surface area contributed by atoms with Crippen LogP contribution >= 0.6 is 0 Å². The normalized spacial score (nSPS) is 10.7. The molecule has 0 radical (unpaired) electrons. The first-order valence-electron chi connectivity index (χ1n) is 8.06. The van der Waals surface area contributed by atoms with Gasteiger partial charge in [-0.15, -0.1) is 0 Å².